The van der Waals surface area contributed by atoms with Crippen molar-refractivity contribution in [1.82, 2.24) is 5.32 Å². The number of para-hydroxylation sites is 1. The summed E-state index contributed by atoms with van der Waals surface area (Å²) in [5, 5.41) is 3.43. The first-order chi connectivity index (χ1) is 15.7. The molecule has 0 amide bonds. The summed E-state index contributed by atoms with van der Waals surface area (Å²) in [4.78, 5) is 13.3. The number of benzene rings is 3. The zero-order valence-electron chi connectivity index (χ0n) is 18.5. The summed E-state index contributed by atoms with van der Waals surface area (Å²) in [6, 6.07) is 23.9. The first kappa shape index (κ1) is 21.9. The number of ketones is 1. The molecule has 1 N–H and O–H groups in total. The van der Waals surface area contributed by atoms with Crippen LogP contribution >= 0.6 is 0 Å². The molecule has 5 nitrogen and oxygen atoms in total. The topological polar surface area (TPSA) is 56.8 Å². The molecule has 1 aliphatic carbocycles. The average Bonchev–Trinajstić information content (AvgIpc) is 2.85. The fourth-order valence-corrected chi connectivity index (χ4v) is 4.43. The molecule has 3 aromatic carbocycles. The highest BCUT2D eigenvalue weighted by Gasteiger charge is 2.35. The first-order valence-electron chi connectivity index (χ1n) is 10.9. The Morgan fingerprint density at radius 1 is 0.875 bits per heavy atom. The lowest BCUT2D eigenvalue weighted by molar-refractivity contribution is 0.0882. The lowest BCUT2D eigenvalue weighted by atomic mass is 9.72. The second-order valence-electron chi connectivity index (χ2n) is 7.89. The highest BCUT2D eigenvalue weighted by atomic mass is 16.5. The van der Waals surface area contributed by atoms with E-state index in [9.17, 15) is 4.79 Å². The summed E-state index contributed by atoms with van der Waals surface area (Å²) in [6.07, 6.45) is 0.868. The minimum Gasteiger partial charge on any atom is -0.493 e. The molecule has 1 aliphatic rings. The Hall–Kier alpha value is -3.31. The lowest BCUT2D eigenvalue weighted by Crippen LogP contribution is -2.38. The minimum absolute atomic E-state index is 0.118. The van der Waals surface area contributed by atoms with Crippen LogP contribution in [0.2, 0.25) is 0 Å². The van der Waals surface area contributed by atoms with E-state index in [0.717, 1.165) is 17.5 Å². The Balaban J connectivity index is 1.42. The van der Waals surface area contributed by atoms with Crippen LogP contribution in [0.15, 0.2) is 72.8 Å². The summed E-state index contributed by atoms with van der Waals surface area (Å²) < 4.78 is 16.7. The molecule has 0 saturated carbocycles. The Morgan fingerprint density at radius 3 is 2.28 bits per heavy atom. The van der Waals surface area contributed by atoms with E-state index in [-0.39, 0.29) is 17.6 Å². The lowest BCUT2D eigenvalue weighted by Gasteiger charge is -2.32. The number of ether oxygens (including phenoxy) is 3. The predicted octanol–water partition coefficient (Wildman–Crippen LogP) is 4.51. The van der Waals surface area contributed by atoms with Gasteiger partial charge in [0.05, 0.1) is 14.2 Å². The van der Waals surface area contributed by atoms with Crippen molar-refractivity contribution in [3.63, 3.8) is 0 Å². The highest BCUT2D eigenvalue weighted by molar-refractivity contribution is 6.01. The molecule has 32 heavy (non-hydrogen) atoms. The van der Waals surface area contributed by atoms with Gasteiger partial charge in [0, 0.05) is 24.6 Å². The van der Waals surface area contributed by atoms with E-state index in [1.807, 2.05) is 54.6 Å². The molecule has 4 rings (SSSR count). The van der Waals surface area contributed by atoms with Crippen LogP contribution in [-0.2, 0) is 6.42 Å². The summed E-state index contributed by atoms with van der Waals surface area (Å²) in [5.74, 6) is 2.10. The summed E-state index contributed by atoms with van der Waals surface area (Å²) in [7, 11) is 3.21. The number of nitrogens with one attached hydrogen (secondary N) is 1. The van der Waals surface area contributed by atoms with Crippen molar-refractivity contribution >= 4 is 5.78 Å². The van der Waals surface area contributed by atoms with Gasteiger partial charge in [-0.3, -0.25) is 4.79 Å². The second-order valence-corrected chi connectivity index (χ2v) is 7.89. The number of carbonyl (C=O) groups is 1. The molecular formula is C27H29NO4. The SMILES string of the molecule is COc1cccc(OC)c1OCCNC[C@H]1C(=O)c2ccccc2C[C@@H]1c1ccccc1. The largest absolute Gasteiger partial charge is 0.493 e. The van der Waals surface area contributed by atoms with Gasteiger partial charge in [-0.2, -0.15) is 0 Å². The smallest absolute Gasteiger partial charge is 0.203 e. The Morgan fingerprint density at radius 2 is 1.56 bits per heavy atom. The molecule has 0 unspecified atom stereocenters. The van der Waals surface area contributed by atoms with Gasteiger partial charge in [-0.1, -0.05) is 60.7 Å². The fraction of sp³-hybridized carbons (Fsp3) is 0.296. The molecule has 0 saturated heterocycles. The van der Waals surface area contributed by atoms with Crippen LogP contribution in [0.3, 0.4) is 0 Å². The zero-order valence-corrected chi connectivity index (χ0v) is 18.5. The highest BCUT2D eigenvalue weighted by Crippen LogP contribution is 2.38. The van der Waals surface area contributed by atoms with Gasteiger partial charge in [0.15, 0.2) is 17.3 Å². The van der Waals surface area contributed by atoms with Crippen LogP contribution in [0.1, 0.15) is 27.4 Å². The minimum atomic E-state index is -0.118. The van der Waals surface area contributed by atoms with Crippen LogP contribution in [0.5, 0.6) is 17.2 Å². The van der Waals surface area contributed by atoms with E-state index in [4.69, 9.17) is 14.2 Å². The number of methoxy groups -OCH3 is 2. The van der Waals surface area contributed by atoms with Crippen LogP contribution in [0.4, 0.5) is 0 Å². The van der Waals surface area contributed by atoms with E-state index < -0.39 is 0 Å². The van der Waals surface area contributed by atoms with E-state index in [2.05, 4.69) is 23.5 Å². The van der Waals surface area contributed by atoms with Gasteiger partial charge >= 0.3 is 0 Å². The quantitative estimate of drug-likeness (QED) is 0.505. The number of hydrogen-bond acceptors (Lipinski definition) is 5. The van der Waals surface area contributed by atoms with Gasteiger partial charge in [0.2, 0.25) is 5.75 Å². The van der Waals surface area contributed by atoms with Crippen molar-refractivity contribution in [2.45, 2.75) is 12.3 Å². The normalized spacial score (nSPS) is 17.5. The third-order valence-corrected chi connectivity index (χ3v) is 6.04. The molecule has 5 heteroatoms. The molecule has 0 bridgehead atoms. The van der Waals surface area contributed by atoms with Gasteiger partial charge in [-0.25, -0.2) is 0 Å². The number of Topliss-reactive ketones (excluding diaryl/α,β-unsaturated/α-hetero) is 1. The number of hydrogen-bond donors (Lipinski definition) is 1. The van der Waals surface area contributed by atoms with Gasteiger partial charge in [0.25, 0.3) is 0 Å². The molecule has 0 fully saturated rings. The maximum Gasteiger partial charge on any atom is 0.203 e. The summed E-state index contributed by atoms with van der Waals surface area (Å²) in [5.41, 5.74) is 3.19. The van der Waals surface area contributed by atoms with E-state index in [1.54, 1.807) is 14.2 Å². The fourth-order valence-electron chi connectivity index (χ4n) is 4.43. The first-order valence-corrected chi connectivity index (χ1v) is 10.9. The van der Waals surface area contributed by atoms with Crippen molar-refractivity contribution in [2.24, 2.45) is 5.92 Å². The van der Waals surface area contributed by atoms with E-state index in [1.165, 1.54) is 5.56 Å². The van der Waals surface area contributed by atoms with Crippen LogP contribution in [-0.4, -0.2) is 39.7 Å². The molecule has 3 aromatic rings. The molecule has 166 valence electrons. The van der Waals surface area contributed by atoms with E-state index in [0.29, 0.717) is 36.9 Å². The summed E-state index contributed by atoms with van der Waals surface area (Å²) in [6.45, 7) is 1.64. The Kier molecular flexibility index (Phi) is 7.07. The maximum atomic E-state index is 13.3. The van der Waals surface area contributed by atoms with Crippen LogP contribution in [0.25, 0.3) is 0 Å². The van der Waals surface area contributed by atoms with Crippen molar-refractivity contribution in [2.75, 3.05) is 33.9 Å². The van der Waals surface area contributed by atoms with Gasteiger partial charge in [-0.05, 0) is 35.6 Å². The van der Waals surface area contributed by atoms with Crippen LogP contribution in [0, 0.1) is 5.92 Å². The van der Waals surface area contributed by atoms with E-state index >= 15 is 0 Å². The number of rotatable bonds is 9. The van der Waals surface area contributed by atoms with Crippen molar-refractivity contribution in [1.29, 1.82) is 0 Å². The molecule has 0 aromatic heterocycles. The number of carbonyl (C=O) groups excluding carboxylic acids is 1. The molecular weight excluding hydrogens is 402 g/mol. The molecule has 0 radical (unpaired) electrons. The molecule has 0 spiro atoms. The maximum absolute atomic E-state index is 13.3. The van der Waals surface area contributed by atoms with Crippen molar-refractivity contribution in [3.8, 4) is 17.2 Å². The van der Waals surface area contributed by atoms with Gasteiger partial charge in [0.1, 0.15) is 6.61 Å². The Bertz CT molecular complexity index is 1030. The summed E-state index contributed by atoms with van der Waals surface area (Å²) >= 11 is 0. The van der Waals surface area contributed by atoms with Gasteiger partial charge in [-0.15, -0.1) is 0 Å². The standard InChI is InChI=1S/C27H29NO4/c1-30-24-13-8-14-25(31-2)27(24)32-16-15-28-18-23-22(19-9-4-3-5-10-19)17-20-11-6-7-12-21(20)26(23)29/h3-14,22-23,28H,15-18H2,1-2H3/t22-,23-/m1/s1. The predicted molar refractivity (Wildman–Crippen MR) is 125 cm³/mol. The van der Waals surface area contributed by atoms with Crippen LogP contribution < -0.4 is 19.5 Å². The molecule has 0 heterocycles. The monoisotopic (exact) mass is 431 g/mol. The third kappa shape index (κ3) is 4.63. The third-order valence-electron chi connectivity index (χ3n) is 6.04. The molecule has 2 atom stereocenters. The average molecular weight is 432 g/mol. The number of fused-ring (bicyclic) bond motifs is 1. The van der Waals surface area contributed by atoms with Gasteiger partial charge < -0.3 is 19.5 Å². The zero-order chi connectivity index (χ0) is 22.3. The molecule has 0 aliphatic heterocycles. The second kappa shape index (κ2) is 10.3. The Labute approximate surface area is 189 Å². The van der Waals surface area contributed by atoms with Crippen molar-refractivity contribution in [3.05, 3.63) is 89.5 Å². The van der Waals surface area contributed by atoms with Crippen molar-refractivity contribution < 1.29 is 19.0 Å².